The standard InChI is InChI=1S/C8H6O4.C4H8O2/c9-7(10)5-1-2-6(4-3-5)8(11)12;1-2-3-4(5)6/h1-4H,(H,9,10)(H,11,12);2,4-6H,1,3H2. The number of hydrogen-bond acceptors (Lipinski definition) is 4. The fraction of sp³-hybridized carbons (Fsp3) is 0.167. The molecule has 0 aliphatic heterocycles. The van der Waals surface area contributed by atoms with Gasteiger partial charge in [0, 0.05) is 6.42 Å². The van der Waals surface area contributed by atoms with Crippen LogP contribution in [0.2, 0.25) is 0 Å². The highest BCUT2D eigenvalue weighted by Crippen LogP contribution is 2.03. The first-order valence-corrected chi connectivity index (χ1v) is 4.92. The van der Waals surface area contributed by atoms with Gasteiger partial charge in [-0.15, -0.1) is 6.58 Å². The summed E-state index contributed by atoms with van der Waals surface area (Å²) in [6.45, 7) is 3.28. The molecule has 1 rings (SSSR count). The summed E-state index contributed by atoms with van der Waals surface area (Å²) >= 11 is 0. The highest BCUT2D eigenvalue weighted by atomic mass is 16.5. The molecule has 0 saturated carbocycles. The van der Waals surface area contributed by atoms with Crippen molar-refractivity contribution in [3.63, 3.8) is 0 Å². The van der Waals surface area contributed by atoms with Crippen LogP contribution in [0.25, 0.3) is 0 Å². The fourth-order valence-electron chi connectivity index (χ4n) is 0.904. The van der Waals surface area contributed by atoms with Gasteiger partial charge in [0.25, 0.3) is 0 Å². The Labute approximate surface area is 103 Å². The molecule has 1 aromatic carbocycles. The second-order valence-corrected chi connectivity index (χ2v) is 3.19. The molecule has 0 saturated heterocycles. The summed E-state index contributed by atoms with van der Waals surface area (Å²) in [6, 6.07) is 5.02. The molecule has 0 aliphatic rings. The Kier molecular flexibility index (Phi) is 7.02. The van der Waals surface area contributed by atoms with E-state index in [-0.39, 0.29) is 17.5 Å². The lowest BCUT2D eigenvalue weighted by molar-refractivity contribution is -0.0360. The Bertz CT molecular complexity index is 374. The van der Waals surface area contributed by atoms with Crippen molar-refractivity contribution < 1.29 is 30.0 Å². The molecular weight excluding hydrogens is 240 g/mol. The lowest BCUT2D eigenvalue weighted by Crippen LogP contribution is -1.99. The monoisotopic (exact) mass is 254 g/mol. The minimum Gasteiger partial charge on any atom is -0.478 e. The van der Waals surface area contributed by atoms with Gasteiger partial charge in [0.05, 0.1) is 11.1 Å². The van der Waals surface area contributed by atoms with Crippen LogP contribution < -0.4 is 0 Å². The number of hydrogen-bond donors (Lipinski definition) is 4. The summed E-state index contributed by atoms with van der Waals surface area (Å²) in [5, 5.41) is 33.0. The van der Waals surface area contributed by atoms with Crippen LogP contribution >= 0.6 is 0 Å². The summed E-state index contributed by atoms with van der Waals surface area (Å²) in [5.41, 5.74) is 0.167. The van der Waals surface area contributed by atoms with E-state index in [9.17, 15) is 9.59 Å². The molecule has 0 bridgehead atoms. The number of carboxylic acid groups (broad SMARTS) is 2. The molecule has 98 valence electrons. The van der Waals surface area contributed by atoms with E-state index in [0.29, 0.717) is 0 Å². The highest BCUT2D eigenvalue weighted by molar-refractivity contribution is 5.91. The van der Waals surface area contributed by atoms with Gasteiger partial charge in [-0.25, -0.2) is 9.59 Å². The summed E-state index contributed by atoms with van der Waals surface area (Å²) in [7, 11) is 0. The SMILES string of the molecule is C=CCC(O)O.O=C(O)c1ccc(C(=O)O)cc1. The Morgan fingerprint density at radius 3 is 1.50 bits per heavy atom. The van der Waals surface area contributed by atoms with E-state index in [1.165, 1.54) is 30.3 Å². The maximum atomic E-state index is 10.3. The van der Waals surface area contributed by atoms with Gasteiger partial charge in [0.1, 0.15) is 0 Å². The van der Waals surface area contributed by atoms with Crippen LogP contribution in [0.4, 0.5) is 0 Å². The van der Waals surface area contributed by atoms with Crippen LogP contribution in [-0.4, -0.2) is 38.7 Å². The highest BCUT2D eigenvalue weighted by Gasteiger charge is 2.04. The van der Waals surface area contributed by atoms with E-state index in [1.54, 1.807) is 0 Å². The number of aromatic carboxylic acids is 2. The Morgan fingerprint density at radius 1 is 1.06 bits per heavy atom. The molecule has 0 amide bonds. The van der Waals surface area contributed by atoms with E-state index >= 15 is 0 Å². The van der Waals surface area contributed by atoms with Crippen molar-refractivity contribution in [2.75, 3.05) is 0 Å². The predicted octanol–water partition coefficient (Wildman–Crippen LogP) is 0.956. The van der Waals surface area contributed by atoms with Crippen molar-refractivity contribution in [3.05, 3.63) is 48.0 Å². The smallest absolute Gasteiger partial charge is 0.335 e. The van der Waals surface area contributed by atoms with Gasteiger partial charge in [-0.3, -0.25) is 0 Å². The van der Waals surface area contributed by atoms with Gasteiger partial charge in [-0.05, 0) is 24.3 Å². The molecule has 0 fully saturated rings. The lowest BCUT2D eigenvalue weighted by atomic mass is 10.1. The van der Waals surface area contributed by atoms with E-state index in [4.69, 9.17) is 20.4 Å². The third-order valence-corrected chi connectivity index (χ3v) is 1.76. The van der Waals surface area contributed by atoms with Crippen LogP contribution in [-0.2, 0) is 0 Å². The van der Waals surface area contributed by atoms with E-state index in [1.807, 2.05) is 0 Å². The van der Waals surface area contributed by atoms with Crippen molar-refractivity contribution in [3.8, 4) is 0 Å². The number of aliphatic hydroxyl groups excluding tert-OH is 1. The van der Waals surface area contributed by atoms with Crippen LogP contribution in [0.5, 0.6) is 0 Å². The summed E-state index contributed by atoms with van der Waals surface area (Å²) in [6.07, 6.45) is 0.479. The minimum atomic E-state index is -1.22. The van der Waals surface area contributed by atoms with Gasteiger partial charge in [-0.1, -0.05) is 6.08 Å². The maximum Gasteiger partial charge on any atom is 0.335 e. The molecule has 6 nitrogen and oxygen atoms in total. The van der Waals surface area contributed by atoms with Gasteiger partial charge in [0.15, 0.2) is 6.29 Å². The summed E-state index contributed by atoms with van der Waals surface area (Å²) in [5.74, 6) is -2.13. The number of carboxylic acids is 2. The number of rotatable bonds is 4. The molecule has 6 heteroatoms. The van der Waals surface area contributed by atoms with Gasteiger partial charge >= 0.3 is 11.9 Å². The zero-order valence-electron chi connectivity index (χ0n) is 9.48. The molecule has 0 unspecified atom stereocenters. The van der Waals surface area contributed by atoms with Crippen LogP contribution in [0, 0.1) is 0 Å². The van der Waals surface area contributed by atoms with E-state index in [0.717, 1.165) is 0 Å². The number of carbonyl (C=O) groups is 2. The predicted molar refractivity (Wildman–Crippen MR) is 63.4 cm³/mol. The summed E-state index contributed by atoms with van der Waals surface area (Å²) in [4.78, 5) is 20.7. The van der Waals surface area contributed by atoms with Gasteiger partial charge in [-0.2, -0.15) is 0 Å². The Balaban J connectivity index is 0.000000411. The molecule has 0 radical (unpaired) electrons. The van der Waals surface area contributed by atoms with Crippen molar-refractivity contribution >= 4 is 11.9 Å². The minimum absolute atomic E-state index is 0.0833. The third kappa shape index (κ3) is 6.41. The first-order chi connectivity index (χ1) is 8.38. The molecule has 0 atom stereocenters. The van der Waals surface area contributed by atoms with Gasteiger partial charge in [0.2, 0.25) is 0 Å². The second kappa shape index (κ2) is 7.99. The summed E-state index contributed by atoms with van der Waals surface area (Å²) < 4.78 is 0. The Hall–Kier alpha value is -2.18. The molecule has 0 spiro atoms. The zero-order chi connectivity index (χ0) is 14.1. The van der Waals surface area contributed by atoms with E-state index < -0.39 is 18.2 Å². The first kappa shape index (κ1) is 15.8. The van der Waals surface area contributed by atoms with Crippen LogP contribution in [0.1, 0.15) is 27.1 Å². The molecule has 4 N–H and O–H groups in total. The quantitative estimate of drug-likeness (QED) is 0.470. The topological polar surface area (TPSA) is 115 Å². The number of benzene rings is 1. The zero-order valence-corrected chi connectivity index (χ0v) is 9.48. The fourth-order valence-corrected chi connectivity index (χ4v) is 0.904. The van der Waals surface area contributed by atoms with Gasteiger partial charge < -0.3 is 20.4 Å². The van der Waals surface area contributed by atoms with Crippen molar-refractivity contribution in [1.82, 2.24) is 0 Å². The molecule has 0 aromatic heterocycles. The van der Waals surface area contributed by atoms with Crippen molar-refractivity contribution in [2.45, 2.75) is 12.7 Å². The van der Waals surface area contributed by atoms with E-state index in [2.05, 4.69) is 6.58 Å². The average molecular weight is 254 g/mol. The van der Waals surface area contributed by atoms with Crippen LogP contribution in [0.3, 0.4) is 0 Å². The van der Waals surface area contributed by atoms with Crippen molar-refractivity contribution in [1.29, 1.82) is 0 Å². The van der Waals surface area contributed by atoms with Crippen molar-refractivity contribution in [2.24, 2.45) is 0 Å². The molecule has 0 heterocycles. The number of aliphatic hydroxyl groups is 2. The Morgan fingerprint density at radius 2 is 1.39 bits per heavy atom. The molecule has 0 aliphatic carbocycles. The maximum absolute atomic E-state index is 10.3. The molecule has 18 heavy (non-hydrogen) atoms. The second-order valence-electron chi connectivity index (χ2n) is 3.19. The first-order valence-electron chi connectivity index (χ1n) is 4.92. The molecule has 1 aromatic rings. The third-order valence-electron chi connectivity index (χ3n) is 1.76. The normalized spacial score (nSPS) is 9.28. The van der Waals surface area contributed by atoms with Crippen LogP contribution in [0.15, 0.2) is 36.9 Å². The average Bonchev–Trinajstić information content (AvgIpc) is 2.29. The largest absolute Gasteiger partial charge is 0.478 e. The lowest BCUT2D eigenvalue weighted by Gasteiger charge is -1.94. The molecular formula is C12H14O6.